The Labute approximate surface area is 149 Å². The number of rotatable bonds is 2. The van der Waals surface area contributed by atoms with Crippen molar-refractivity contribution in [2.75, 3.05) is 13.1 Å². The van der Waals surface area contributed by atoms with E-state index in [4.69, 9.17) is 9.57 Å². The highest BCUT2D eigenvalue weighted by molar-refractivity contribution is 5.89. The van der Waals surface area contributed by atoms with Gasteiger partial charge in [-0.2, -0.15) is 0 Å². The fourth-order valence-corrected chi connectivity index (χ4v) is 3.13. The zero-order valence-corrected chi connectivity index (χ0v) is 15.2. The third-order valence-corrected chi connectivity index (χ3v) is 4.80. The number of carbonyl (C=O) groups is 1. The maximum Gasteiger partial charge on any atom is 0.414 e. The lowest BCUT2D eigenvalue weighted by molar-refractivity contribution is -0.0400. The van der Waals surface area contributed by atoms with Crippen LogP contribution in [0, 0.1) is 0 Å². The highest BCUT2D eigenvalue weighted by Crippen LogP contribution is 2.32. The maximum absolute atomic E-state index is 12.0. The van der Waals surface area contributed by atoms with E-state index in [0.29, 0.717) is 18.9 Å². The molecule has 2 aliphatic rings. The summed E-state index contributed by atoms with van der Waals surface area (Å²) in [7, 11) is 0. The highest BCUT2D eigenvalue weighted by Gasteiger charge is 2.41. The molecule has 1 saturated heterocycles. The minimum absolute atomic E-state index is 0.121. The van der Waals surface area contributed by atoms with Crippen molar-refractivity contribution in [1.82, 2.24) is 10.6 Å². The Balaban J connectivity index is 1.45. The van der Waals surface area contributed by atoms with Crippen LogP contribution in [0.15, 0.2) is 29.4 Å². The molecule has 0 atom stereocenters. The fraction of sp³-hybridized carbons (Fsp3) is 0.579. The summed E-state index contributed by atoms with van der Waals surface area (Å²) in [5.41, 5.74) is 2.13. The number of hydrogen-bond donors (Lipinski definition) is 2. The summed E-state index contributed by atoms with van der Waals surface area (Å²) in [5, 5.41) is 10.0. The quantitative estimate of drug-likeness (QED) is 0.864. The molecule has 6 nitrogen and oxygen atoms in total. The largest absolute Gasteiger partial charge is 0.414 e. The summed E-state index contributed by atoms with van der Waals surface area (Å²) in [6, 6.07) is 8.25. The molecule has 2 aliphatic heterocycles. The van der Waals surface area contributed by atoms with Gasteiger partial charge in [0.05, 0.1) is 6.42 Å². The Morgan fingerprint density at radius 3 is 2.60 bits per heavy atom. The second-order valence-electron chi connectivity index (χ2n) is 7.88. The Morgan fingerprint density at radius 1 is 1.28 bits per heavy atom. The van der Waals surface area contributed by atoms with Crippen LogP contribution < -0.4 is 10.6 Å². The van der Waals surface area contributed by atoms with Crippen LogP contribution in [0.5, 0.6) is 0 Å². The monoisotopic (exact) mass is 345 g/mol. The van der Waals surface area contributed by atoms with Crippen molar-refractivity contribution in [3.63, 3.8) is 0 Å². The van der Waals surface area contributed by atoms with Gasteiger partial charge in [-0.25, -0.2) is 4.79 Å². The molecule has 2 heterocycles. The first-order valence-corrected chi connectivity index (χ1v) is 8.87. The molecule has 136 valence electrons. The van der Waals surface area contributed by atoms with Crippen molar-refractivity contribution in [1.29, 1.82) is 0 Å². The fourth-order valence-electron chi connectivity index (χ4n) is 3.13. The standard InChI is InChI=1S/C19H27N3O3/c1-18(2,3)15-6-4-14(5-7-15)13-21-17(23)24-16-12-19(25-22-16)8-10-20-11-9-19/h4-7,20H,8-13H2,1-3H3,(H,21,23). The van der Waals surface area contributed by atoms with Gasteiger partial charge < -0.3 is 20.2 Å². The van der Waals surface area contributed by atoms with Crippen LogP contribution in [0.2, 0.25) is 0 Å². The number of nitrogens with one attached hydrogen (secondary N) is 2. The molecule has 0 saturated carbocycles. The lowest BCUT2D eigenvalue weighted by Crippen LogP contribution is -2.42. The molecule has 0 radical (unpaired) electrons. The number of nitrogens with zero attached hydrogens (tertiary/aromatic N) is 1. The lowest BCUT2D eigenvalue weighted by Gasteiger charge is -2.30. The summed E-state index contributed by atoms with van der Waals surface area (Å²) < 4.78 is 5.29. The van der Waals surface area contributed by atoms with Gasteiger partial charge in [0.1, 0.15) is 5.60 Å². The lowest BCUT2D eigenvalue weighted by atomic mass is 9.87. The zero-order valence-electron chi connectivity index (χ0n) is 15.2. The molecule has 1 spiro atoms. The Bertz CT molecular complexity index is 641. The predicted molar refractivity (Wildman–Crippen MR) is 96.4 cm³/mol. The van der Waals surface area contributed by atoms with Crippen molar-refractivity contribution >= 4 is 12.0 Å². The molecule has 1 aromatic carbocycles. The van der Waals surface area contributed by atoms with Gasteiger partial charge in [-0.1, -0.05) is 50.2 Å². The average molecular weight is 345 g/mol. The SMILES string of the molecule is CC(C)(C)c1ccc(CNC(=O)OC2=NOC3(CCNCC3)C2)cc1. The first-order chi connectivity index (χ1) is 11.9. The summed E-state index contributed by atoms with van der Waals surface area (Å²) in [5.74, 6) is 0.363. The highest BCUT2D eigenvalue weighted by atomic mass is 16.7. The van der Waals surface area contributed by atoms with E-state index in [9.17, 15) is 4.79 Å². The van der Waals surface area contributed by atoms with Gasteiger partial charge >= 0.3 is 6.09 Å². The van der Waals surface area contributed by atoms with Crippen LogP contribution in [-0.2, 0) is 21.5 Å². The van der Waals surface area contributed by atoms with Gasteiger partial charge in [0.2, 0.25) is 5.90 Å². The molecule has 0 aliphatic carbocycles. The minimum Gasteiger partial charge on any atom is -0.392 e. The molecular formula is C19H27N3O3. The first-order valence-electron chi connectivity index (χ1n) is 8.87. The van der Waals surface area contributed by atoms with Crippen molar-refractivity contribution < 1.29 is 14.4 Å². The first kappa shape index (κ1) is 17.7. The van der Waals surface area contributed by atoms with Gasteiger partial charge in [0.25, 0.3) is 0 Å². The van der Waals surface area contributed by atoms with Crippen LogP contribution in [0.4, 0.5) is 4.79 Å². The second-order valence-corrected chi connectivity index (χ2v) is 7.88. The molecule has 1 fully saturated rings. The third-order valence-electron chi connectivity index (χ3n) is 4.80. The van der Waals surface area contributed by atoms with E-state index < -0.39 is 6.09 Å². The van der Waals surface area contributed by atoms with E-state index in [2.05, 4.69) is 48.7 Å². The Kier molecular flexibility index (Phi) is 4.99. The van der Waals surface area contributed by atoms with E-state index in [0.717, 1.165) is 31.5 Å². The molecule has 0 bridgehead atoms. The van der Waals surface area contributed by atoms with Crippen LogP contribution in [0.1, 0.15) is 51.2 Å². The number of amides is 1. The van der Waals surface area contributed by atoms with Crippen molar-refractivity contribution in [3.8, 4) is 0 Å². The minimum atomic E-state index is -0.492. The molecular weight excluding hydrogens is 318 g/mol. The van der Waals surface area contributed by atoms with Crippen molar-refractivity contribution in [2.45, 2.75) is 57.6 Å². The Morgan fingerprint density at radius 2 is 1.96 bits per heavy atom. The number of carbonyl (C=O) groups excluding carboxylic acids is 1. The average Bonchev–Trinajstić information content (AvgIpc) is 2.95. The van der Waals surface area contributed by atoms with Gasteiger partial charge in [-0.3, -0.25) is 0 Å². The molecule has 0 aromatic heterocycles. The third kappa shape index (κ3) is 4.51. The molecule has 6 heteroatoms. The molecule has 1 amide bonds. The normalized spacial score (nSPS) is 19.2. The molecule has 3 rings (SSSR count). The van der Waals surface area contributed by atoms with Crippen LogP contribution in [0.25, 0.3) is 0 Å². The van der Waals surface area contributed by atoms with E-state index in [1.807, 2.05) is 12.1 Å². The maximum atomic E-state index is 12.0. The van der Waals surface area contributed by atoms with E-state index >= 15 is 0 Å². The number of benzene rings is 1. The summed E-state index contributed by atoms with van der Waals surface area (Å²) in [6.45, 7) is 8.76. The zero-order chi connectivity index (χ0) is 17.9. The van der Waals surface area contributed by atoms with Gasteiger partial charge in [0.15, 0.2) is 0 Å². The van der Waals surface area contributed by atoms with Crippen LogP contribution in [0.3, 0.4) is 0 Å². The number of hydrogen-bond acceptors (Lipinski definition) is 5. The molecule has 0 unspecified atom stereocenters. The van der Waals surface area contributed by atoms with E-state index in [1.54, 1.807) is 0 Å². The topological polar surface area (TPSA) is 72.0 Å². The molecule has 25 heavy (non-hydrogen) atoms. The number of ether oxygens (including phenoxy) is 1. The number of alkyl carbamates (subject to hydrolysis) is 1. The number of oxime groups is 1. The van der Waals surface area contributed by atoms with E-state index in [1.165, 1.54) is 5.56 Å². The van der Waals surface area contributed by atoms with Crippen LogP contribution in [-0.4, -0.2) is 30.7 Å². The summed E-state index contributed by atoms with van der Waals surface area (Å²) in [6.07, 6.45) is 1.83. The van der Waals surface area contributed by atoms with Crippen molar-refractivity contribution in [3.05, 3.63) is 35.4 Å². The summed E-state index contributed by atoms with van der Waals surface area (Å²) >= 11 is 0. The second kappa shape index (κ2) is 7.04. The number of piperidine rings is 1. The van der Waals surface area contributed by atoms with Crippen LogP contribution >= 0.6 is 0 Å². The Hall–Kier alpha value is -2.08. The smallest absolute Gasteiger partial charge is 0.392 e. The van der Waals surface area contributed by atoms with Gasteiger partial charge in [0, 0.05) is 19.4 Å². The van der Waals surface area contributed by atoms with Crippen molar-refractivity contribution in [2.24, 2.45) is 5.16 Å². The van der Waals surface area contributed by atoms with Gasteiger partial charge in [-0.15, -0.1) is 0 Å². The summed E-state index contributed by atoms with van der Waals surface area (Å²) in [4.78, 5) is 17.5. The van der Waals surface area contributed by atoms with E-state index in [-0.39, 0.29) is 11.0 Å². The molecule has 2 N–H and O–H groups in total. The predicted octanol–water partition coefficient (Wildman–Crippen LogP) is 3.07. The molecule has 1 aromatic rings. The van der Waals surface area contributed by atoms with Gasteiger partial charge in [-0.05, 0) is 29.6 Å².